The van der Waals surface area contributed by atoms with E-state index >= 15 is 0 Å². The van der Waals surface area contributed by atoms with Crippen LogP contribution in [-0.2, 0) is 4.74 Å². The average molecular weight is 268 g/mol. The predicted molar refractivity (Wildman–Crippen MR) is 81.1 cm³/mol. The van der Waals surface area contributed by atoms with Crippen molar-refractivity contribution in [3.8, 4) is 6.07 Å². The fourth-order valence-corrected chi connectivity index (χ4v) is 2.07. The van der Waals surface area contributed by atoms with Gasteiger partial charge >= 0.3 is 0 Å². The van der Waals surface area contributed by atoms with E-state index < -0.39 is 0 Å². The Labute approximate surface area is 119 Å². The standard InChI is InChI=1S/C16H32N2O/c1-5-7-10-15(6-2)13-19-12-9-8-11-16(3,14-17)18-4/h15,18H,5-13H2,1-4H3. The largest absolute Gasteiger partial charge is 0.381 e. The summed E-state index contributed by atoms with van der Waals surface area (Å²) < 4.78 is 5.76. The van der Waals surface area contributed by atoms with E-state index in [0.29, 0.717) is 0 Å². The fourth-order valence-electron chi connectivity index (χ4n) is 2.07. The molecule has 2 atom stereocenters. The SMILES string of the molecule is CCCCC(CC)COCCCCC(C)(C#N)NC. The minimum atomic E-state index is -0.382. The maximum absolute atomic E-state index is 9.03. The van der Waals surface area contributed by atoms with E-state index in [0.717, 1.165) is 38.4 Å². The Balaban J connectivity index is 3.56. The summed E-state index contributed by atoms with van der Waals surface area (Å²) in [7, 11) is 1.85. The Hall–Kier alpha value is -0.590. The third kappa shape index (κ3) is 9.02. The average Bonchev–Trinajstić information content (AvgIpc) is 2.45. The number of hydrogen-bond donors (Lipinski definition) is 1. The van der Waals surface area contributed by atoms with E-state index in [1.54, 1.807) is 0 Å². The molecule has 3 nitrogen and oxygen atoms in total. The number of hydrogen-bond acceptors (Lipinski definition) is 3. The number of nitrogens with one attached hydrogen (secondary N) is 1. The minimum absolute atomic E-state index is 0.382. The smallest absolute Gasteiger partial charge is 0.103 e. The second kappa shape index (κ2) is 11.3. The number of nitriles is 1. The molecule has 0 rings (SSSR count). The van der Waals surface area contributed by atoms with Crippen molar-refractivity contribution in [2.24, 2.45) is 5.92 Å². The van der Waals surface area contributed by atoms with Crippen molar-refractivity contribution in [2.45, 2.75) is 71.3 Å². The summed E-state index contributed by atoms with van der Waals surface area (Å²) in [4.78, 5) is 0. The highest BCUT2D eigenvalue weighted by molar-refractivity contribution is 5.02. The van der Waals surface area contributed by atoms with Crippen molar-refractivity contribution < 1.29 is 4.74 Å². The third-order valence-electron chi connectivity index (χ3n) is 3.91. The monoisotopic (exact) mass is 268 g/mol. The van der Waals surface area contributed by atoms with Gasteiger partial charge in [0.2, 0.25) is 0 Å². The molecule has 2 unspecified atom stereocenters. The first-order valence-corrected chi connectivity index (χ1v) is 7.79. The van der Waals surface area contributed by atoms with Gasteiger partial charge < -0.3 is 10.1 Å². The molecule has 0 aromatic carbocycles. The van der Waals surface area contributed by atoms with E-state index in [-0.39, 0.29) is 5.54 Å². The Kier molecular flexibility index (Phi) is 10.9. The molecular formula is C16H32N2O. The molecular weight excluding hydrogens is 236 g/mol. The summed E-state index contributed by atoms with van der Waals surface area (Å²) in [6, 6.07) is 2.32. The molecule has 0 aliphatic heterocycles. The van der Waals surface area contributed by atoms with Gasteiger partial charge in [-0.1, -0.05) is 33.1 Å². The summed E-state index contributed by atoms with van der Waals surface area (Å²) in [6.45, 7) is 8.16. The van der Waals surface area contributed by atoms with E-state index in [1.165, 1.54) is 25.7 Å². The Morgan fingerprint density at radius 3 is 2.53 bits per heavy atom. The number of rotatable bonds is 12. The van der Waals surface area contributed by atoms with Gasteiger partial charge in [-0.15, -0.1) is 0 Å². The normalized spacial score (nSPS) is 15.7. The van der Waals surface area contributed by atoms with E-state index in [9.17, 15) is 0 Å². The molecule has 1 N–H and O–H groups in total. The molecule has 19 heavy (non-hydrogen) atoms. The van der Waals surface area contributed by atoms with Crippen LogP contribution in [-0.4, -0.2) is 25.8 Å². The van der Waals surface area contributed by atoms with Crippen LogP contribution in [0.2, 0.25) is 0 Å². The summed E-state index contributed by atoms with van der Waals surface area (Å²) in [5.41, 5.74) is -0.382. The molecule has 0 amide bonds. The summed E-state index contributed by atoms with van der Waals surface area (Å²) in [5, 5.41) is 12.1. The van der Waals surface area contributed by atoms with Crippen LogP contribution >= 0.6 is 0 Å². The molecule has 0 saturated carbocycles. The zero-order valence-electron chi connectivity index (χ0n) is 13.3. The lowest BCUT2D eigenvalue weighted by atomic mass is 9.97. The topological polar surface area (TPSA) is 45.0 Å². The second-order valence-corrected chi connectivity index (χ2v) is 5.64. The second-order valence-electron chi connectivity index (χ2n) is 5.64. The van der Waals surface area contributed by atoms with Crippen LogP contribution in [0.1, 0.15) is 65.7 Å². The maximum atomic E-state index is 9.03. The van der Waals surface area contributed by atoms with Crippen molar-refractivity contribution in [1.29, 1.82) is 5.26 Å². The van der Waals surface area contributed by atoms with Crippen molar-refractivity contribution in [1.82, 2.24) is 5.32 Å². The first-order chi connectivity index (χ1) is 9.11. The summed E-state index contributed by atoms with van der Waals surface area (Å²) >= 11 is 0. The van der Waals surface area contributed by atoms with Crippen molar-refractivity contribution in [3.05, 3.63) is 0 Å². The zero-order valence-corrected chi connectivity index (χ0v) is 13.3. The van der Waals surface area contributed by atoms with E-state index in [1.807, 2.05) is 14.0 Å². The molecule has 0 aromatic heterocycles. The van der Waals surface area contributed by atoms with Gasteiger partial charge in [-0.3, -0.25) is 0 Å². The number of unbranched alkanes of at least 4 members (excludes halogenated alkanes) is 2. The quantitative estimate of drug-likeness (QED) is 0.546. The fraction of sp³-hybridized carbons (Fsp3) is 0.938. The van der Waals surface area contributed by atoms with Gasteiger partial charge in [-0.25, -0.2) is 0 Å². The van der Waals surface area contributed by atoms with Crippen molar-refractivity contribution >= 4 is 0 Å². The lowest BCUT2D eigenvalue weighted by Gasteiger charge is -2.20. The molecule has 0 saturated heterocycles. The molecule has 0 fully saturated rings. The van der Waals surface area contributed by atoms with Gasteiger partial charge in [0.15, 0.2) is 0 Å². The number of ether oxygens (including phenoxy) is 1. The van der Waals surface area contributed by atoms with Gasteiger partial charge in [-0.05, 0) is 45.6 Å². The van der Waals surface area contributed by atoms with Gasteiger partial charge in [-0.2, -0.15) is 5.26 Å². The molecule has 112 valence electrons. The molecule has 0 heterocycles. The van der Waals surface area contributed by atoms with Crippen LogP contribution in [0.15, 0.2) is 0 Å². The molecule has 0 aromatic rings. The van der Waals surface area contributed by atoms with Crippen LogP contribution in [0, 0.1) is 17.2 Å². The predicted octanol–water partition coefficient (Wildman–Crippen LogP) is 3.89. The highest BCUT2D eigenvalue weighted by Crippen LogP contribution is 2.14. The zero-order chi connectivity index (χ0) is 14.6. The Bertz CT molecular complexity index is 250. The third-order valence-corrected chi connectivity index (χ3v) is 3.91. The van der Waals surface area contributed by atoms with Gasteiger partial charge in [0.1, 0.15) is 5.54 Å². The van der Waals surface area contributed by atoms with Crippen molar-refractivity contribution in [2.75, 3.05) is 20.3 Å². The molecule has 0 aliphatic carbocycles. The van der Waals surface area contributed by atoms with Crippen LogP contribution in [0.3, 0.4) is 0 Å². The highest BCUT2D eigenvalue weighted by atomic mass is 16.5. The van der Waals surface area contributed by atoms with E-state index in [2.05, 4.69) is 25.2 Å². The van der Waals surface area contributed by atoms with Crippen LogP contribution in [0.25, 0.3) is 0 Å². The molecule has 0 bridgehead atoms. The number of nitrogens with zero attached hydrogens (tertiary/aromatic N) is 1. The first kappa shape index (κ1) is 18.4. The van der Waals surface area contributed by atoms with E-state index in [4.69, 9.17) is 10.00 Å². The maximum Gasteiger partial charge on any atom is 0.103 e. The minimum Gasteiger partial charge on any atom is -0.381 e. The highest BCUT2D eigenvalue weighted by Gasteiger charge is 2.19. The summed E-state index contributed by atoms with van der Waals surface area (Å²) in [5.74, 6) is 0.724. The lowest BCUT2D eigenvalue weighted by Crippen LogP contribution is -2.37. The van der Waals surface area contributed by atoms with Gasteiger partial charge in [0, 0.05) is 13.2 Å². The molecule has 3 heteroatoms. The molecule has 0 spiro atoms. The Morgan fingerprint density at radius 2 is 2.00 bits per heavy atom. The van der Waals surface area contributed by atoms with Crippen LogP contribution in [0.5, 0.6) is 0 Å². The lowest BCUT2D eigenvalue weighted by molar-refractivity contribution is 0.0901. The summed E-state index contributed by atoms with van der Waals surface area (Å²) in [6.07, 6.45) is 8.06. The molecule has 0 radical (unpaired) electrons. The van der Waals surface area contributed by atoms with Crippen LogP contribution < -0.4 is 5.32 Å². The van der Waals surface area contributed by atoms with Gasteiger partial charge in [0.25, 0.3) is 0 Å². The van der Waals surface area contributed by atoms with Crippen LogP contribution in [0.4, 0.5) is 0 Å². The molecule has 0 aliphatic rings. The Morgan fingerprint density at radius 1 is 1.26 bits per heavy atom. The van der Waals surface area contributed by atoms with Crippen molar-refractivity contribution in [3.63, 3.8) is 0 Å². The van der Waals surface area contributed by atoms with Gasteiger partial charge in [0.05, 0.1) is 6.07 Å². The first-order valence-electron chi connectivity index (χ1n) is 7.79.